The molecule has 1 aliphatic carbocycles. The zero-order chi connectivity index (χ0) is 24.4. The fraction of sp³-hybridized carbons (Fsp3) is 0.462. The zero-order valence-electron chi connectivity index (χ0n) is 20.5. The number of aromatic amines is 1. The van der Waals surface area contributed by atoms with Gasteiger partial charge in [0.1, 0.15) is 5.75 Å². The van der Waals surface area contributed by atoms with Gasteiger partial charge in [-0.3, -0.25) is 14.2 Å². The average molecular weight is 481 g/mol. The highest BCUT2D eigenvalue weighted by Crippen LogP contribution is 2.39. The van der Waals surface area contributed by atoms with Crippen LogP contribution >= 0.6 is 11.8 Å². The number of nitrogens with zero attached hydrogens (tertiary/aromatic N) is 3. The lowest BCUT2D eigenvalue weighted by molar-refractivity contribution is 0.101. The second-order valence-electron chi connectivity index (χ2n) is 9.13. The van der Waals surface area contributed by atoms with Crippen LogP contribution in [0.5, 0.6) is 5.75 Å². The molecule has 3 aromatic rings. The number of nitrogens with one attached hydrogen (secondary N) is 1. The predicted octanol–water partition coefficient (Wildman–Crippen LogP) is 5.83. The molecular formula is C26H32N4O3S. The number of ketones is 2. The van der Waals surface area contributed by atoms with Crippen LogP contribution in [0.4, 0.5) is 0 Å². The van der Waals surface area contributed by atoms with Crippen molar-refractivity contribution >= 4 is 23.3 Å². The fourth-order valence-electron chi connectivity index (χ4n) is 5.05. The Labute approximate surface area is 204 Å². The van der Waals surface area contributed by atoms with Crippen LogP contribution in [0.15, 0.2) is 29.4 Å². The number of hydrogen-bond acceptors (Lipinski definition) is 6. The number of benzene rings is 1. The van der Waals surface area contributed by atoms with Gasteiger partial charge in [-0.05, 0) is 69.4 Å². The summed E-state index contributed by atoms with van der Waals surface area (Å²) in [6, 6.07) is 8.15. The van der Waals surface area contributed by atoms with Crippen LogP contribution in [-0.2, 0) is 0 Å². The van der Waals surface area contributed by atoms with Gasteiger partial charge in [0.25, 0.3) is 0 Å². The van der Waals surface area contributed by atoms with Gasteiger partial charge in [0, 0.05) is 22.9 Å². The topological polar surface area (TPSA) is 89.9 Å². The molecule has 7 nitrogen and oxygen atoms in total. The number of carbonyl (C=O) groups excluding carboxylic acids is 2. The molecule has 0 aliphatic heterocycles. The van der Waals surface area contributed by atoms with Gasteiger partial charge >= 0.3 is 0 Å². The van der Waals surface area contributed by atoms with Crippen LogP contribution in [0.2, 0.25) is 0 Å². The third-order valence-electron chi connectivity index (χ3n) is 6.81. The summed E-state index contributed by atoms with van der Waals surface area (Å²) in [5.74, 6) is 2.26. The van der Waals surface area contributed by atoms with E-state index in [0.717, 1.165) is 40.0 Å². The van der Waals surface area contributed by atoms with E-state index in [-0.39, 0.29) is 23.4 Å². The molecule has 1 aliphatic rings. The number of aryl methyl sites for hydroxylation is 1. The first-order chi connectivity index (χ1) is 16.3. The maximum atomic E-state index is 13.1. The Morgan fingerprint density at radius 2 is 1.85 bits per heavy atom. The minimum Gasteiger partial charge on any atom is -0.497 e. The summed E-state index contributed by atoms with van der Waals surface area (Å²) in [4.78, 5) is 28.2. The van der Waals surface area contributed by atoms with Crippen LogP contribution in [0.1, 0.15) is 77.7 Å². The molecule has 2 atom stereocenters. The molecule has 1 aromatic carbocycles. The lowest BCUT2D eigenvalue weighted by Gasteiger charge is -2.31. The van der Waals surface area contributed by atoms with E-state index >= 15 is 0 Å². The van der Waals surface area contributed by atoms with Crippen molar-refractivity contribution in [2.45, 2.75) is 64.6 Å². The molecule has 1 saturated carbocycles. The van der Waals surface area contributed by atoms with Gasteiger partial charge < -0.3 is 9.72 Å². The smallest absolute Gasteiger partial charge is 0.192 e. The molecule has 34 heavy (non-hydrogen) atoms. The lowest BCUT2D eigenvalue weighted by Crippen LogP contribution is -2.22. The maximum absolute atomic E-state index is 13.1. The zero-order valence-corrected chi connectivity index (χ0v) is 21.3. The van der Waals surface area contributed by atoms with Crippen molar-refractivity contribution in [1.82, 2.24) is 19.7 Å². The third kappa shape index (κ3) is 4.69. The number of thioether (sulfide) groups is 1. The Kier molecular flexibility index (Phi) is 7.26. The summed E-state index contributed by atoms with van der Waals surface area (Å²) in [7, 11) is 1.65. The van der Waals surface area contributed by atoms with E-state index in [4.69, 9.17) is 4.74 Å². The summed E-state index contributed by atoms with van der Waals surface area (Å²) >= 11 is 1.41. The SMILES string of the molecule is COc1ccc(-c2nnc(SCC(=O)c3[nH]c(C)c(C(C)=O)c3C)n2[C@@H]2CCCC[C@@H]2C)cc1. The van der Waals surface area contributed by atoms with Crippen LogP contribution in [-0.4, -0.2) is 44.2 Å². The minimum absolute atomic E-state index is 0.0342. The van der Waals surface area contributed by atoms with Gasteiger partial charge in [0.2, 0.25) is 0 Å². The summed E-state index contributed by atoms with van der Waals surface area (Å²) in [6.45, 7) is 7.47. The second kappa shape index (κ2) is 10.2. The second-order valence-corrected chi connectivity index (χ2v) is 10.1. The normalized spacial score (nSPS) is 18.1. The van der Waals surface area contributed by atoms with Gasteiger partial charge in [0.15, 0.2) is 22.5 Å². The Balaban J connectivity index is 1.64. The summed E-state index contributed by atoms with van der Waals surface area (Å²) in [5.41, 5.74) is 3.54. The van der Waals surface area contributed by atoms with Crippen molar-refractivity contribution in [3.05, 3.63) is 46.8 Å². The van der Waals surface area contributed by atoms with Gasteiger partial charge in [-0.25, -0.2) is 0 Å². The standard InChI is InChI=1S/C26H32N4O3S/c1-15-8-6-7-9-21(15)30-25(19-10-12-20(33-5)13-11-19)28-29-26(30)34-14-22(32)24-16(2)23(18(4)31)17(3)27-24/h10-13,15,21,27H,6-9,14H2,1-5H3/t15-,21+/m0/s1. The van der Waals surface area contributed by atoms with E-state index in [1.807, 2.05) is 38.1 Å². The molecule has 2 aromatic heterocycles. The first-order valence-corrected chi connectivity index (χ1v) is 12.8. The van der Waals surface area contributed by atoms with Crippen molar-refractivity contribution in [1.29, 1.82) is 0 Å². The Morgan fingerprint density at radius 1 is 1.15 bits per heavy atom. The Hall–Kier alpha value is -2.87. The Morgan fingerprint density at radius 3 is 2.47 bits per heavy atom. The molecule has 0 saturated heterocycles. The van der Waals surface area contributed by atoms with E-state index in [1.165, 1.54) is 37.9 Å². The number of methoxy groups -OCH3 is 1. The Bertz CT molecular complexity index is 1200. The molecule has 0 spiro atoms. The number of aromatic nitrogens is 4. The number of H-pyrrole nitrogens is 1. The van der Waals surface area contributed by atoms with Crippen molar-refractivity contribution in [3.8, 4) is 17.1 Å². The third-order valence-corrected chi connectivity index (χ3v) is 7.75. The maximum Gasteiger partial charge on any atom is 0.192 e. The molecule has 1 fully saturated rings. The minimum atomic E-state index is -0.0460. The van der Waals surface area contributed by atoms with Crippen molar-refractivity contribution in [2.75, 3.05) is 12.9 Å². The molecule has 180 valence electrons. The molecule has 0 radical (unpaired) electrons. The molecule has 0 unspecified atom stereocenters. The van der Waals surface area contributed by atoms with Crippen molar-refractivity contribution in [3.63, 3.8) is 0 Å². The van der Waals surface area contributed by atoms with Crippen LogP contribution in [0.25, 0.3) is 11.4 Å². The number of hydrogen-bond donors (Lipinski definition) is 1. The van der Waals surface area contributed by atoms with E-state index in [2.05, 4.69) is 26.7 Å². The highest BCUT2D eigenvalue weighted by Gasteiger charge is 2.29. The number of ether oxygens (including phenoxy) is 1. The first kappa shape index (κ1) is 24.3. The summed E-state index contributed by atoms with van der Waals surface area (Å²) < 4.78 is 7.54. The van der Waals surface area contributed by atoms with Crippen LogP contribution in [0.3, 0.4) is 0 Å². The number of carbonyl (C=O) groups is 2. The molecule has 4 rings (SSSR count). The highest BCUT2D eigenvalue weighted by atomic mass is 32.2. The molecule has 8 heteroatoms. The molecule has 1 N–H and O–H groups in total. The van der Waals surface area contributed by atoms with Crippen LogP contribution in [0, 0.1) is 19.8 Å². The van der Waals surface area contributed by atoms with E-state index in [1.54, 1.807) is 7.11 Å². The van der Waals surface area contributed by atoms with E-state index < -0.39 is 0 Å². The number of Topliss-reactive ketones (excluding diaryl/α,β-unsaturated/α-hetero) is 2. The summed E-state index contributed by atoms with van der Waals surface area (Å²) in [6.07, 6.45) is 4.65. The van der Waals surface area contributed by atoms with Gasteiger partial charge in [-0.1, -0.05) is 31.5 Å². The largest absolute Gasteiger partial charge is 0.497 e. The molecule has 0 amide bonds. The van der Waals surface area contributed by atoms with Crippen molar-refractivity contribution in [2.24, 2.45) is 5.92 Å². The van der Waals surface area contributed by atoms with Gasteiger partial charge in [-0.15, -0.1) is 10.2 Å². The molecule has 2 heterocycles. The first-order valence-electron chi connectivity index (χ1n) is 11.8. The molecular weight excluding hydrogens is 448 g/mol. The van der Waals surface area contributed by atoms with E-state index in [0.29, 0.717) is 17.2 Å². The molecule has 0 bridgehead atoms. The summed E-state index contributed by atoms with van der Waals surface area (Å²) in [5, 5.41) is 9.82. The van der Waals surface area contributed by atoms with Gasteiger partial charge in [0.05, 0.1) is 18.6 Å². The average Bonchev–Trinajstić information content (AvgIpc) is 3.38. The fourth-order valence-corrected chi connectivity index (χ4v) is 5.91. The highest BCUT2D eigenvalue weighted by molar-refractivity contribution is 7.99. The number of rotatable bonds is 8. The van der Waals surface area contributed by atoms with E-state index in [9.17, 15) is 9.59 Å². The monoisotopic (exact) mass is 480 g/mol. The van der Waals surface area contributed by atoms with Crippen LogP contribution < -0.4 is 4.74 Å². The lowest BCUT2D eigenvalue weighted by atomic mass is 9.85. The van der Waals surface area contributed by atoms with Crippen molar-refractivity contribution < 1.29 is 14.3 Å². The quantitative estimate of drug-likeness (QED) is 0.322. The predicted molar refractivity (Wildman–Crippen MR) is 134 cm³/mol. The van der Waals surface area contributed by atoms with Gasteiger partial charge in [-0.2, -0.15) is 0 Å².